The Labute approximate surface area is 105 Å². The minimum atomic E-state index is -0.204. The summed E-state index contributed by atoms with van der Waals surface area (Å²) in [6.07, 6.45) is 4.86. The number of aromatic amines is 1. The molecule has 0 unspecified atom stereocenters. The van der Waals surface area contributed by atoms with E-state index in [-0.39, 0.29) is 5.91 Å². The number of pyridine rings is 1. The average molecular weight is 245 g/mol. The molecule has 0 bridgehead atoms. The molecule has 94 valence electrons. The van der Waals surface area contributed by atoms with Crippen molar-refractivity contribution in [3.8, 4) is 0 Å². The molecule has 6 heteroatoms. The number of anilines is 1. The van der Waals surface area contributed by atoms with Gasteiger partial charge in [-0.2, -0.15) is 0 Å². The molecule has 0 atom stereocenters. The zero-order chi connectivity index (χ0) is 12.8. The standard InChI is InChI=1S/C12H15N5O/c1-2-14-9-3-4-15-11(5-9)12(18)16-7-10-6-13-8-17-10/h3-6,8H,2,7H2,1H3,(H,13,17)(H,14,15)(H,16,18). The van der Waals surface area contributed by atoms with E-state index >= 15 is 0 Å². The summed E-state index contributed by atoms with van der Waals surface area (Å²) in [4.78, 5) is 22.7. The monoisotopic (exact) mass is 245 g/mol. The van der Waals surface area contributed by atoms with Crippen LogP contribution in [-0.4, -0.2) is 27.4 Å². The van der Waals surface area contributed by atoms with Crippen molar-refractivity contribution in [2.45, 2.75) is 13.5 Å². The molecule has 2 rings (SSSR count). The molecule has 0 aromatic carbocycles. The van der Waals surface area contributed by atoms with E-state index in [0.29, 0.717) is 12.2 Å². The predicted octanol–water partition coefficient (Wildman–Crippen LogP) is 1.17. The van der Waals surface area contributed by atoms with Crippen molar-refractivity contribution in [3.05, 3.63) is 42.2 Å². The van der Waals surface area contributed by atoms with Crippen LogP contribution in [0.15, 0.2) is 30.9 Å². The number of rotatable bonds is 5. The van der Waals surface area contributed by atoms with Crippen LogP contribution >= 0.6 is 0 Å². The van der Waals surface area contributed by atoms with E-state index in [9.17, 15) is 4.79 Å². The Bertz CT molecular complexity index is 509. The second-order valence-corrected chi connectivity index (χ2v) is 3.72. The van der Waals surface area contributed by atoms with Gasteiger partial charge in [0, 0.05) is 24.6 Å². The fourth-order valence-corrected chi connectivity index (χ4v) is 1.52. The molecule has 1 amide bonds. The molecular formula is C12H15N5O. The minimum Gasteiger partial charge on any atom is -0.385 e. The Kier molecular flexibility index (Phi) is 3.90. The molecule has 18 heavy (non-hydrogen) atoms. The van der Waals surface area contributed by atoms with Crippen LogP contribution in [0.4, 0.5) is 5.69 Å². The molecule has 0 aliphatic rings. The van der Waals surface area contributed by atoms with E-state index in [1.165, 1.54) is 0 Å². The molecule has 0 saturated heterocycles. The van der Waals surface area contributed by atoms with Crippen molar-refractivity contribution in [2.24, 2.45) is 0 Å². The third-order valence-corrected chi connectivity index (χ3v) is 2.37. The summed E-state index contributed by atoms with van der Waals surface area (Å²) < 4.78 is 0. The Hall–Kier alpha value is -2.37. The van der Waals surface area contributed by atoms with Gasteiger partial charge in [0.25, 0.3) is 5.91 Å². The van der Waals surface area contributed by atoms with Gasteiger partial charge < -0.3 is 15.6 Å². The number of hydrogen-bond donors (Lipinski definition) is 3. The highest BCUT2D eigenvalue weighted by atomic mass is 16.1. The Morgan fingerprint density at radius 1 is 1.50 bits per heavy atom. The number of carbonyl (C=O) groups is 1. The van der Waals surface area contributed by atoms with Crippen LogP contribution in [-0.2, 0) is 6.54 Å². The number of H-pyrrole nitrogens is 1. The molecule has 2 aromatic rings. The number of imidazole rings is 1. The third-order valence-electron chi connectivity index (χ3n) is 2.37. The number of amides is 1. The van der Waals surface area contributed by atoms with Gasteiger partial charge >= 0.3 is 0 Å². The van der Waals surface area contributed by atoms with Crippen molar-refractivity contribution in [1.82, 2.24) is 20.3 Å². The van der Waals surface area contributed by atoms with Crippen LogP contribution in [0.2, 0.25) is 0 Å². The normalized spacial score (nSPS) is 10.1. The summed E-state index contributed by atoms with van der Waals surface area (Å²) >= 11 is 0. The van der Waals surface area contributed by atoms with Crippen LogP contribution in [0.5, 0.6) is 0 Å². The summed E-state index contributed by atoms with van der Waals surface area (Å²) in [5, 5.41) is 5.91. The Morgan fingerprint density at radius 2 is 2.39 bits per heavy atom. The molecule has 0 fully saturated rings. The smallest absolute Gasteiger partial charge is 0.270 e. The highest BCUT2D eigenvalue weighted by Crippen LogP contribution is 2.07. The van der Waals surface area contributed by atoms with E-state index < -0.39 is 0 Å². The molecule has 0 aliphatic heterocycles. The summed E-state index contributed by atoms with van der Waals surface area (Å²) in [6.45, 7) is 3.21. The van der Waals surface area contributed by atoms with Crippen molar-refractivity contribution in [1.29, 1.82) is 0 Å². The van der Waals surface area contributed by atoms with Gasteiger partial charge in [0.1, 0.15) is 5.69 Å². The molecule has 3 N–H and O–H groups in total. The molecule has 0 saturated carbocycles. The number of nitrogens with one attached hydrogen (secondary N) is 3. The number of nitrogens with zero attached hydrogens (tertiary/aromatic N) is 2. The van der Waals surface area contributed by atoms with E-state index in [4.69, 9.17) is 0 Å². The van der Waals surface area contributed by atoms with Crippen LogP contribution in [0.3, 0.4) is 0 Å². The van der Waals surface area contributed by atoms with Gasteiger partial charge in [-0.15, -0.1) is 0 Å². The summed E-state index contributed by atoms with van der Waals surface area (Å²) in [5.41, 5.74) is 2.14. The first-order chi connectivity index (χ1) is 8.79. The van der Waals surface area contributed by atoms with Crippen LogP contribution in [0, 0.1) is 0 Å². The second-order valence-electron chi connectivity index (χ2n) is 3.72. The maximum Gasteiger partial charge on any atom is 0.270 e. The summed E-state index contributed by atoms with van der Waals surface area (Å²) in [7, 11) is 0. The van der Waals surface area contributed by atoms with Crippen molar-refractivity contribution < 1.29 is 4.79 Å². The van der Waals surface area contributed by atoms with E-state index in [1.54, 1.807) is 24.8 Å². The molecule has 0 spiro atoms. The minimum absolute atomic E-state index is 0.204. The largest absolute Gasteiger partial charge is 0.385 e. The SMILES string of the molecule is CCNc1ccnc(C(=O)NCc2cnc[nH]2)c1. The molecule has 2 aromatic heterocycles. The predicted molar refractivity (Wildman–Crippen MR) is 68.2 cm³/mol. The lowest BCUT2D eigenvalue weighted by Gasteiger charge is -2.06. The van der Waals surface area contributed by atoms with Crippen LogP contribution in [0.25, 0.3) is 0 Å². The van der Waals surface area contributed by atoms with Crippen molar-refractivity contribution in [3.63, 3.8) is 0 Å². The molecule has 0 radical (unpaired) electrons. The fourth-order valence-electron chi connectivity index (χ4n) is 1.52. The van der Waals surface area contributed by atoms with Crippen molar-refractivity contribution >= 4 is 11.6 Å². The molecule has 2 heterocycles. The first-order valence-corrected chi connectivity index (χ1v) is 5.75. The molecule has 6 nitrogen and oxygen atoms in total. The van der Waals surface area contributed by atoms with E-state index in [1.807, 2.05) is 13.0 Å². The lowest BCUT2D eigenvalue weighted by Crippen LogP contribution is -2.24. The summed E-state index contributed by atoms with van der Waals surface area (Å²) in [6, 6.07) is 3.56. The topological polar surface area (TPSA) is 82.7 Å². The fraction of sp³-hybridized carbons (Fsp3) is 0.250. The average Bonchev–Trinajstić information content (AvgIpc) is 2.90. The van der Waals surface area contributed by atoms with Crippen molar-refractivity contribution in [2.75, 3.05) is 11.9 Å². The van der Waals surface area contributed by atoms with Gasteiger partial charge in [0.05, 0.1) is 18.6 Å². The lowest BCUT2D eigenvalue weighted by molar-refractivity contribution is 0.0945. The van der Waals surface area contributed by atoms with Crippen LogP contribution < -0.4 is 10.6 Å². The molecule has 0 aliphatic carbocycles. The Morgan fingerprint density at radius 3 is 3.11 bits per heavy atom. The third kappa shape index (κ3) is 3.07. The van der Waals surface area contributed by atoms with Gasteiger partial charge in [0.2, 0.25) is 0 Å². The first-order valence-electron chi connectivity index (χ1n) is 5.75. The van der Waals surface area contributed by atoms with E-state index in [2.05, 4.69) is 25.6 Å². The van der Waals surface area contributed by atoms with Gasteiger partial charge in [-0.3, -0.25) is 9.78 Å². The van der Waals surface area contributed by atoms with Crippen LogP contribution in [0.1, 0.15) is 23.1 Å². The number of hydrogen-bond acceptors (Lipinski definition) is 4. The van der Waals surface area contributed by atoms with E-state index in [0.717, 1.165) is 17.9 Å². The summed E-state index contributed by atoms with van der Waals surface area (Å²) in [5.74, 6) is -0.204. The number of carbonyl (C=O) groups excluding carboxylic acids is 1. The lowest BCUT2D eigenvalue weighted by atomic mass is 10.3. The van der Waals surface area contributed by atoms with Gasteiger partial charge in [0.15, 0.2) is 0 Å². The maximum atomic E-state index is 11.9. The highest BCUT2D eigenvalue weighted by Gasteiger charge is 2.07. The van der Waals surface area contributed by atoms with Gasteiger partial charge in [-0.05, 0) is 19.1 Å². The van der Waals surface area contributed by atoms with Gasteiger partial charge in [-0.25, -0.2) is 4.98 Å². The zero-order valence-electron chi connectivity index (χ0n) is 10.1. The molecular weight excluding hydrogens is 230 g/mol. The zero-order valence-corrected chi connectivity index (χ0v) is 10.1. The maximum absolute atomic E-state index is 11.9. The highest BCUT2D eigenvalue weighted by molar-refractivity contribution is 5.93. The Balaban J connectivity index is 1.97. The number of aromatic nitrogens is 3. The first kappa shape index (κ1) is 12.1. The second kappa shape index (κ2) is 5.81. The van der Waals surface area contributed by atoms with Gasteiger partial charge in [-0.1, -0.05) is 0 Å². The quantitative estimate of drug-likeness (QED) is 0.738.